The van der Waals surface area contributed by atoms with Crippen molar-refractivity contribution in [2.75, 3.05) is 6.54 Å². The van der Waals surface area contributed by atoms with Gasteiger partial charge in [-0.15, -0.1) is 0 Å². The van der Waals surface area contributed by atoms with E-state index in [0.29, 0.717) is 0 Å². The Labute approximate surface area is 114 Å². The lowest BCUT2D eigenvalue weighted by Gasteiger charge is -2.19. The van der Waals surface area contributed by atoms with Gasteiger partial charge in [0.1, 0.15) is 0 Å². The first-order valence-corrected chi connectivity index (χ1v) is 6.56. The quantitative estimate of drug-likeness (QED) is 0.617. The second-order valence-electron chi connectivity index (χ2n) is 5.22. The summed E-state index contributed by atoms with van der Waals surface area (Å²) in [6, 6.07) is -0.338. The molecular formula is C13H25N3O3. The highest BCUT2D eigenvalue weighted by molar-refractivity contribution is 5.80. The average molecular weight is 271 g/mol. The Bertz CT molecular complexity index is 327. The van der Waals surface area contributed by atoms with E-state index in [4.69, 9.17) is 0 Å². The summed E-state index contributed by atoms with van der Waals surface area (Å²) in [5, 5.41) is 8.13. The number of hydrogen-bond donors (Lipinski definition) is 3. The number of hydrogen-bond acceptors (Lipinski definition) is 3. The lowest BCUT2D eigenvalue weighted by molar-refractivity contribution is -0.126. The molecule has 110 valence electrons. The van der Waals surface area contributed by atoms with Gasteiger partial charge in [-0.2, -0.15) is 0 Å². The van der Waals surface area contributed by atoms with Crippen molar-refractivity contribution in [3.63, 3.8) is 0 Å². The molecule has 0 spiro atoms. The Hall–Kier alpha value is -1.59. The molecule has 6 nitrogen and oxygen atoms in total. The lowest BCUT2D eigenvalue weighted by atomic mass is 10.1. The van der Waals surface area contributed by atoms with E-state index >= 15 is 0 Å². The molecule has 0 aromatic carbocycles. The summed E-state index contributed by atoms with van der Waals surface area (Å²) >= 11 is 0. The van der Waals surface area contributed by atoms with Gasteiger partial charge in [0, 0.05) is 31.8 Å². The number of carbonyl (C=O) groups is 3. The maximum Gasteiger partial charge on any atom is 0.222 e. The van der Waals surface area contributed by atoms with Crippen molar-refractivity contribution >= 4 is 17.7 Å². The van der Waals surface area contributed by atoms with Gasteiger partial charge < -0.3 is 16.0 Å². The molecule has 3 amide bonds. The Kier molecular flexibility index (Phi) is 7.79. The first-order valence-electron chi connectivity index (χ1n) is 6.56. The fraction of sp³-hybridized carbons (Fsp3) is 0.769. The van der Waals surface area contributed by atoms with Crippen molar-refractivity contribution in [3.05, 3.63) is 0 Å². The predicted molar refractivity (Wildman–Crippen MR) is 73.3 cm³/mol. The van der Waals surface area contributed by atoms with Crippen molar-refractivity contribution in [1.29, 1.82) is 0 Å². The van der Waals surface area contributed by atoms with E-state index in [1.807, 2.05) is 13.8 Å². The monoisotopic (exact) mass is 271 g/mol. The molecule has 1 atom stereocenters. The van der Waals surface area contributed by atoms with Crippen molar-refractivity contribution in [1.82, 2.24) is 16.0 Å². The minimum Gasteiger partial charge on any atom is -0.354 e. The van der Waals surface area contributed by atoms with Crippen molar-refractivity contribution < 1.29 is 14.4 Å². The van der Waals surface area contributed by atoms with Gasteiger partial charge >= 0.3 is 0 Å². The van der Waals surface area contributed by atoms with Crippen molar-refractivity contribution in [2.45, 2.75) is 53.1 Å². The Morgan fingerprint density at radius 2 is 1.58 bits per heavy atom. The first-order chi connectivity index (χ1) is 8.72. The van der Waals surface area contributed by atoms with E-state index < -0.39 is 0 Å². The minimum atomic E-state index is -0.390. The van der Waals surface area contributed by atoms with Gasteiger partial charge in [0.2, 0.25) is 17.7 Å². The molecule has 0 rings (SSSR count). The van der Waals surface area contributed by atoms with E-state index in [1.54, 1.807) is 13.8 Å². The third kappa shape index (κ3) is 9.04. The summed E-state index contributed by atoms with van der Waals surface area (Å²) in [5.41, 5.74) is 0. The van der Waals surface area contributed by atoms with Gasteiger partial charge in [0.05, 0.1) is 6.04 Å². The molecule has 0 aliphatic carbocycles. The van der Waals surface area contributed by atoms with Crippen LogP contribution in [0.1, 0.15) is 41.0 Å². The molecule has 0 fully saturated rings. The van der Waals surface area contributed by atoms with Crippen LogP contribution in [0, 0.1) is 5.92 Å². The van der Waals surface area contributed by atoms with Crippen molar-refractivity contribution in [2.24, 2.45) is 5.92 Å². The van der Waals surface area contributed by atoms with Gasteiger partial charge in [-0.05, 0) is 13.8 Å². The van der Waals surface area contributed by atoms with Crippen molar-refractivity contribution in [3.8, 4) is 0 Å². The van der Waals surface area contributed by atoms with Gasteiger partial charge in [-0.25, -0.2) is 0 Å². The molecule has 3 N–H and O–H groups in total. The molecule has 19 heavy (non-hydrogen) atoms. The van der Waals surface area contributed by atoms with E-state index in [1.165, 1.54) is 6.92 Å². The molecule has 0 saturated carbocycles. The normalized spacial score (nSPS) is 12.2. The molecule has 0 bridgehead atoms. The molecule has 0 aliphatic heterocycles. The topological polar surface area (TPSA) is 87.3 Å². The second kappa shape index (κ2) is 8.50. The SMILES string of the molecule is CC(=O)N[C@@H](CNC(=O)C(C)C)CC(=O)NC(C)C. The van der Waals surface area contributed by atoms with Crippen LogP contribution in [0.15, 0.2) is 0 Å². The number of amides is 3. The highest BCUT2D eigenvalue weighted by atomic mass is 16.2. The van der Waals surface area contributed by atoms with E-state index in [2.05, 4.69) is 16.0 Å². The van der Waals surface area contributed by atoms with Crippen LogP contribution in [-0.4, -0.2) is 36.3 Å². The van der Waals surface area contributed by atoms with E-state index in [0.717, 1.165) is 0 Å². The zero-order valence-electron chi connectivity index (χ0n) is 12.4. The molecular weight excluding hydrogens is 246 g/mol. The summed E-state index contributed by atoms with van der Waals surface area (Å²) in [4.78, 5) is 34.2. The fourth-order valence-corrected chi connectivity index (χ4v) is 1.49. The summed E-state index contributed by atoms with van der Waals surface area (Å²) in [5.74, 6) is -0.587. The summed E-state index contributed by atoms with van der Waals surface area (Å²) in [6.45, 7) is 8.94. The molecule has 0 aliphatic rings. The summed E-state index contributed by atoms with van der Waals surface area (Å²) in [7, 11) is 0. The molecule has 0 aromatic rings. The van der Waals surface area contributed by atoms with Crippen LogP contribution in [0.2, 0.25) is 0 Å². The number of rotatable bonds is 7. The number of carbonyl (C=O) groups excluding carboxylic acids is 3. The zero-order chi connectivity index (χ0) is 15.0. The standard InChI is InChI=1S/C13H25N3O3/c1-8(2)13(19)14-7-11(16-10(5)17)6-12(18)15-9(3)4/h8-9,11H,6-7H2,1-5H3,(H,14,19)(H,15,18)(H,16,17)/t11-/m1/s1. The molecule has 0 aromatic heterocycles. The van der Waals surface area contributed by atoms with Crippen LogP contribution in [0.5, 0.6) is 0 Å². The Morgan fingerprint density at radius 1 is 1.00 bits per heavy atom. The minimum absolute atomic E-state index is 0.0516. The van der Waals surface area contributed by atoms with E-state index in [-0.39, 0.29) is 48.7 Å². The molecule has 0 radical (unpaired) electrons. The van der Waals surface area contributed by atoms with Gasteiger partial charge in [-0.1, -0.05) is 13.8 Å². The van der Waals surface area contributed by atoms with Crippen LogP contribution in [0.3, 0.4) is 0 Å². The van der Waals surface area contributed by atoms with Crippen LogP contribution in [0.4, 0.5) is 0 Å². The zero-order valence-corrected chi connectivity index (χ0v) is 12.4. The largest absolute Gasteiger partial charge is 0.354 e. The molecule has 0 unspecified atom stereocenters. The fourth-order valence-electron chi connectivity index (χ4n) is 1.49. The number of nitrogens with one attached hydrogen (secondary N) is 3. The molecule has 0 heterocycles. The van der Waals surface area contributed by atoms with Gasteiger partial charge in [0.25, 0.3) is 0 Å². The Balaban J connectivity index is 4.34. The maximum absolute atomic E-state index is 11.6. The van der Waals surface area contributed by atoms with Gasteiger partial charge in [-0.3, -0.25) is 14.4 Å². The average Bonchev–Trinajstić information content (AvgIpc) is 2.22. The first kappa shape index (κ1) is 17.4. The third-order valence-electron chi connectivity index (χ3n) is 2.34. The highest BCUT2D eigenvalue weighted by Crippen LogP contribution is 1.95. The van der Waals surface area contributed by atoms with E-state index in [9.17, 15) is 14.4 Å². The van der Waals surface area contributed by atoms with Crippen LogP contribution < -0.4 is 16.0 Å². The summed E-state index contributed by atoms with van der Waals surface area (Å²) in [6.07, 6.45) is 0.149. The third-order valence-corrected chi connectivity index (χ3v) is 2.34. The van der Waals surface area contributed by atoms with Crippen LogP contribution >= 0.6 is 0 Å². The van der Waals surface area contributed by atoms with Crippen LogP contribution in [-0.2, 0) is 14.4 Å². The van der Waals surface area contributed by atoms with Gasteiger partial charge in [0.15, 0.2) is 0 Å². The highest BCUT2D eigenvalue weighted by Gasteiger charge is 2.17. The molecule has 6 heteroatoms. The Morgan fingerprint density at radius 3 is 2.00 bits per heavy atom. The maximum atomic E-state index is 11.6. The molecule has 0 saturated heterocycles. The smallest absolute Gasteiger partial charge is 0.222 e. The second-order valence-corrected chi connectivity index (χ2v) is 5.22. The lowest BCUT2D eigenvalue weighted by Crippen LogP contribution is -2.47. The van der Waals surface area contributed by atoms with Crippen LogP contribution in [0.25, 0.3) is 0 Å². The summed E-state index contributed by atoms with van der Waals surface area (Å²) < 4.78 is 0. The predicted octanol–water partition coefficient (Wildman–Crippen LogP) is 0.178.